The van der Waals surface area contributed by atoms with Gasteiger partial charge in [-0.2, -0.15) is 0 Å². The van der Waals surface area contributed by atoms with Crippen molar-refractivity contribution >= 4 is 23.1 Å². The van der Waals surface area contributed by atoms with Crippen LogP contribution in [0.3, 0.4) is 0 Å². The molecule has 3 N–H and O–H groups in total. The molecule has 0 radical (unpaired) electrons. The second-order valence-electron chi connectivity index (χ2n) is 5.97. The molecule has 7 nitrogen and oxygen atoms in total. The molecule has 0 fully saturated rings. The number of hydrogen-bond acceptors (Lipinski definition) is 5. The molecular formula is C19H20N2O5. The summed E-state index contributed by atoms with van der Waals surface area (Å²) in [6, 6.07) is 10.7. The average molecular weight is 356 g/mol. The van der Waals surface area contributed by atoms with E-state index in [9.17, 15) is 19.7 Å². The highest BCUT2D eigenvalue weighted by atomic mass is 16.6. The minimum atomic E-state index is -0.803. The Labute approximate surface area is 150 Å². The maximum atomic E-state index is 12.6. The van der Waals surface area contributed by atoms with Crippen LogP contribution >= 0.6 is 0 Å². The molecule has 2 aromatic rings. The highest BCUT2D eigenvalue weighted by Gasteiger charge is 2.20. The van der Waals surface area contributed by atoms with Gasteiger partial charge in [-0.05, 0) is 37.0 Å². The topological polar surface area (TPSA) is 124 Å². The molecule has 2 rings (SSSR count). The van der Waals surface area contributed by atoms with Crippen LogP contribution in [0.4, 0.5) is 11.4 Å². The third kappa shape index (κ3) is 4.89. The van der Waals surface area contributed by atoms with Gasteiger partial charge in [-0.3, -0.25) is 19.7 Å². The number of anilines is 1. The highest BCUT2D eigenvalue weighted by molar-refractivity contribution is 6.11. The van der Waals surface area contributed by atoms with Crippen molar-refractivity contribution in [3.8, 4) is 0 Å². The number of nitrogens with two attached hydrogens (primary N) is 1. The molecule has 26 heavy (non-hydrogen) atoms. The molecule has 136 valence electrons. The van der Waals surface area contributed by atoms with E-state index in [1.165, 1.54) is 24.3 Å². The first-order valence-corrected chi connectivity index (χ1v) is 8.28. The average Bonchev–Trinajstić information content (AvgIpc) is 2.61. The van der Waals surface area contributed by atoms with Crippen molar-refractivity contribution in [1.82, 2.24) is 0 Å². The summed E-state index contributed by atoms with van der Waals surface area (Å²) in [6.45, 7) is 0. The number of rotatable bonds is 9. The van der Waals surface area contributed by atoms with Crippen molar-refractivity contribution in [3.05, 3.63) is 69.3 Å². The standard InChI is InChI=1S/C19H20N2O5/c20-16-12-14(11-10-13(16)6-2-1-3-9-18(22)23)19(24)15-7-4-5-8-17(15)21(25)26/h4-5,7-8,10-12H,1-3,6,9,20H2,(H,22,23). The predicted molar refractivity (Wildman–Crippen MR) is 97.2 cm³/mol. The van der Waals surface area contributed by atoms with Gasteiger partial charge < -0.3 is 10.8 Å². The van der Waals surface area contributed by atoms with Crippen molar-refractivity contribution in [3.63, 3.8) is 0 Å². The van der Waals surface area contributed by atoms with E-state index in [4.69, 9.17) is 10.8 Å². The molecule has 0 aromatic heterocycles. The second kappa shape index (κ2) is 8.75. The van der Waals surface area contributed by atoms with Gasteiger partial charge >= 0.3 is 5.97 Å². The number of aliphatic carboxylic acids is 1. The zero-order chi connectivity index (χ0) is 19.1. The lowest BCUT2D eigenvalue weighted by Gasteiger charge is -2.08. The molecule has 2 aromatic carbocycles. The lowest BCUT2D eigenvalue weighted by Crippen LogP contribution is -2.07. The van der Waals surface area contributed by atoms with E-state index in [1.807, 2.05) is 0 Å². The van der Waals surface area contributed by atoms with Crippen molar-refractivity contribution in [2.75, 3.05) is 5.73 Å². The van der Waals surface area contributed by atoms with Gasteiger partial charge in [0, 0.05) is 23.7 Å². The van der Waals surface area contributed by atoms with E-state index in [0.29, 0.717) is 24.1 Å². The molecule has 0 amide bonds. The van der Waals surface area contributed by atoms with Gasteiger partial charge in [0.25, 0.3) is 5.69 Å². The molecule has 0 aliphatic rings. The van der Waals surface area contributed by atoms with Crippen LogP contribution in [0, 0.1) is 10.1 Å². The number of nitro groups is 1. The van der Waals surface area contributed by atoms with Gasteiger partial charge in [0.05, 0.1) is 4.92 Å². The van der Waals surface area contributed by atoms with Crippen LogP contribution in [0.25, 0.3) is 0 Å². The number of ketones is 1. The number of carboxylic acids is 1. The third-order valence-corrected chi connectivity index (χ3v) is 4.09. The first kappa shape index (κ1) is 19.1. The zero-order valence-electron chi connectivity index (χ0n) is 14.2. The Morgan fingerprint density at radius 1 is 1.08 bits per heavy atom. The number of nitrogens with zero attached hydrogens (tertiary/aromatic N) is 1. The normalized spacial score (nSPS) is 10.5. The monoisotopic (exact) mass is 356 g/mol. The molecule has 0 aliphatic carbocycles. The van der Waals surface area contributed by atoms with Crippen molar-refractivity contribution in [2.24, 2.45) is 0 Å². The van der Waals surface area contributed by atoms with E-state index < -0.39 is 16.7 Å². The van der Waals surface area contributed by atoms with Crippen molar-refractivity contribution in [2.45, 2.75) is 32.1 Å². The summed E-state index contributed by atoms with van der Waals surface area (Å²) < 4.78 is 0. The first-order chi connectivity index (χ1) is 12.4. The van der Waals surface area contributed by atoms with Crippen molar-refractivity contribution < 1.29 is 19.6 Å². The summed E-state index contributed by atoms with van der Waals surface area (Å²) in [7, 11) is 0. The Morgan fingerprint density at radius 2 is 1.81 bits per heavy atom. The number of carbonyl (C=O) groups excluding carboxylic acids is 1. The molecule has 7 heteroatoms. The summed E-state index contributed by atoms with van der Waals surface area (Å²) >= 11 is 0. The fourth-order valence-corrected chi connectivity index (χ4v) is 2.71. The molecule has 0 bridgehead atoms. The van der Waals surface area contributed by atoms with E-state index in [2.05, 4.69) is 0 Å². The fourth-order valence-electron chi connectivity index (χ4n) is 2.71. The second-order valence-corrected chi connectivity index (χ2v) is 5.97. The number of carbonyl (C=O) groups is 2. The Balaban J connectivity index is 2.08. The number of hydrogen-bond donors (Lipinski definition) is 2. The number of aryl methyl sites for hydroxylation is 1. The van der Waals surface area contributed by atoms with E-state index in [1.54, 1.807) is 18.2 Å². The van der Waals surface area contributed by atoms with Crippen LogP contribution in [0.15, 0.2) is 42.5 Å². The fraction of sp³-hybridized carbons (Fsp3) is 0.263. The van der Waals surface area contributed by atoms with Crippen LogP contribution in [0.2, 0.25) is 0 Å². The van der Waals surface area contributed by atoms with Crippen LogP contribution in [0.5, 0.6) is 0 Å². The molecule has 0 unspecified atom stereocenters. The molecular weight excluding hydrogens is 336 g/mol. The minimum Gasteiger partial charge on any atom is -0.481 e. The third-order valence-electron chi connectivity index (χ3n) is 4.09. The molecule has 0 saturated heterocycles. The van der Waals surface area contributed by atoms with Crippen molar-refractivity contribution in [1.29, 1.82) is 0 Å². The molecule has 0 aliphatic heterocycles. The summed E-state index contributed by atoms with van der Waals surface area (Å²) in [5, 5.41) is 19.7. The summed E-state index contributed by atoms with van der Waals surface area (Å²) in [4.78, 5) is 33.6. The Kier molecular flexibility index (Phi) is 6.43. The summed E-state index contributed by atoms with van der Waals surface area (Å²) in [5.41, 5.74) is 7.43. The summed E-state index contributed by atoms with van der Waals surface area (Å²) in [6.07, 6.45) is 3.03. The first-order valence-electron chi connectivity index (χ1n) is 8.28. The van der Waals surface area contributed by atoms with Gasteiger partial charge in [0.15, 0.2) is 5.78 Å². The number of nitrogen functional groups attached to an aromatic ring is 1. The van der Waals surface area contributed by atoms with E-state index in [-0.39, 0.29) is 17.7 Å². The molecule has 0 atom stereocenters. The predicted octanol–water partition coefficient (Wildman–Crippen LogP) is 3.60. The SMILES string of the molecule is Nc1cc(C(=O)c2ccccc2[N+](=O)[O-])ccc1CCCCCC(=O)O. The minimum absolute atomic E-state index is 0.0262. The summed E-state index contributed by atoms with van der Waals surface area (Å²) in [5.74, 6) is -1.25. The number of para-hydroxylation sites is 1. The van der Waals surface area contributed by atoms with Gasteiger partial charge in [-0.15, -0.1) is 0 Å². The number of unbranched alkanes of at least 4 members (excludes halogenated alkanes) is 2. The van der Waals surface area contributed by atoms with Gasteiger partial charge in [-0.1, -0.05) is 30.7 Å². The highest BCUT2D eigenvalue weighted by Crippen LogP contribution is 2.24. The van der Waals surface area contributed by atoms with Crippen LogP contribution in [-0.2, 0) is 11.2 Å². The molecule has 0 heterocycles. The quantitative estimate of drug-likeness (QED) is 0.233. The van der Waals surface area contributed by atoms with Gasteiger partial charge in [0.2, 0.25) is 0 Å². The van der Waals surface area contributed by atoms with E-state index >= 15 is 0 Å². The number of nitro benzene ring substituents is 1. The zero-order valence-corrected chi connectivity index (χ0v) is 14.2. The maximum absolute atomic E-state index is 12.6. The van der Waals surface area contributed by atoms with E-state index in [0.717, 1.165) is 18.4 Å². The maximum Gasteiger partial charge on any atom is 0.303 e. The van der Waals surface area contributed by atoms with Crippen LogP contribution in [0.1, 0.15) is 47.2 Å². The van der Waals surface area contributed by atoms with Gasteiger partial charge in [0.1, 0.15) is 5.56 Å². The van der Waals surface area contributed by atoms with Gasteiger partial charge in [-0.25, -0.2) is 0 Å². The molecule has 0 saturated carbocycles. The number of carboxylic acid groups (broad SMARTS) is 1. The Morgan fingerprint density at radius 3 is 2.46 bits per heavy atom. The lowest BCUT2D eigenvalue weighted by atomic mass is 9.97. The van der Waals surface area contributed by atoms with Crippen LogP contribution < -0.4 is 5.73 Å². The Hall–Kier alpha value is -3.22. The number of benzene rings is 2. The molecule has 0 spiro atoms. The lowest BCUT2D eigenvalue weighted by molar-refractivity contribution is -0.385. The van der Waals surface area contributed by atoms with Crippen LogP contribution in [-0.4, -0.2) is 21.8 Å². The Bertz CT molecular complexity index is 832. The largest absolute Gasteiger partial charge is 0.481 e. The smallest absolute Gasteiger partial charge is 0.303 e.